The summed E-state index contributed by atoms with van der Waals surface area (Å²) in [6.45, 7) is 3.89. The topological polar surface area (TPSA) is 68.0 Å². The summed E-state index contributed by atoms with van der Waals surface area (Å²) < 4.78 is 2.17. The maximum atomic E-state index is 11.7. The van der Waals surface area contributed by atoms with Crippen LogP contribution < -0.4 is 0 Å². The quantitative estimate of drug-likeness (QED) is 0.886. The molecule has 0 spiro atoms. The van der Waals surface area contributed by atoms with E-state index in [9.17, 15) is 9.90 Å². The fourth-order valence-corrected chi connectivity index (χ4v) is 3.00. The zero-order chi connectivity index (χ0) is 15.0. The Kier molecular flexibility index (Phi) is 3.43. The molecule has 3 rings (SSSR count). The second-order valence-corrected chi connectivity index (χ2v) is 5.94. The number of carbonyl (C=O) groups is 1. The van der Waals surface area contributed by atoms with Crippen molar-refractivity contribution in [1.82, 2.24) is 14.5 Å². The van der Waals surface area contributed by atoms with Crippen LogP contribution in [-0.4, -0.2) is 25.6 Å². The molecule has 0 unspecified atom stereocenters. The minimum absolute atomic E-state index is 0.445. The summed E-state index contributed by atoms with van der Waals surface area (Å²) in [6.07, 6.45) is 5.74. The number of imidazole rings is 1. The van der Waals surface area contributed by atoms with Gasteiger partial charge in [-0.25, -0.2) is 9.97 Å². The van der Waals surface area contributed by atoms with Crippen molar-refractivity contribution in [2.45, 2.75) is 52.0 Å². The fraction of sp³-hybridized carbons (Fsp3) is 0.562. The van der Waals surface area contributed by atoms with Gasteiger partial charge >= 0.3 is 5.97 Å². The van der Waals surface area contributed by atoms with Crippen LogP contribution in [-0.2, 0) is 11.2 Å². The smallest absolute Gasteiger partial charge is 0.310 e. The normalized spacial score (nSPS) is 15.5. The molecule has 1 saturated carbocycles. The number of carboxylic acids is 1. The van der Waals surface area contributed by atoms with Gasteiger partial charge in [0.05, 0.1) is 5.41 Å². The van der Waals surface area contributed by atoms with E-state index in [1.165, 1.54) is 0 Å². The molecule has 0 bridgehead atoms. The van der Waals surface area contributed by atoms with Crippen molar-refractivity contribution in [3.8, 4) is 0 Å². The molecule has 1 aliphatic carbocycles. The monoisotopic (exact) mass is 287 g/mol. The first-order valence-electron chi connectivity index (χ1n) is 7.66. The molecule has 112 valence electrons. The van der Waals surface area contributed by atoms with Crippen LogP contribution in [0.2, 0.25) is 0 Å². The number of carboxylic acid groups (broad SMARTS) is 1. The summed E-state index contributed by atoms with van der Waals surface area (Å²) in [5.74, 6) is 0.146. The van der Waals surface area contributed by atoms with Gasteiger partial charge in [-0.2, -0.15) is 0 Å². The zero-order valence-corrected chi connectivity index (χ0v) is 12.5. The molecular weight excluding hydrogens is 266 g/mol. The first-order valence-corrected chi connectivity index (χ1v) is 7.66. The highest BCUT2D eigenvalue weighted by Crippen LogP contribution is 2.40. The predicted molar refractivity (Wildman–Crippen MR) is 80.2 cm³/mol. The van der Waals surface area contributed by atoms with Crippen LogP contribution in [0.1, 0.15) is 51.4 Å². The molecule has 5 heteroatoms. The third kappa shape index (κ3) is 2.30. The van der Waals surface area contributed by atoms with E-state index in [1.54, 1.807) is 6.20 Å². The number of aromatic nitrogens is 3. The molecule has 21 heavy (non-hydrogen) atoms. The van der Waals surface area contributed by atoms with Gasteiger partial charge in [0.1, 0.15) is 11.3 Å². The van der Waals surface area contributed by atoms with E-state index in [0.717, 1.165) is 29.8 Å². The third-order valence-electron chi connectivity index (χ3n) is 4.74. The largest absolute Gasteiger partial charge is 0.481 e. The molecule has 0 aromatic carbocycles. The molecule has 0 aliphatic heterocycles. The molecule has 0 amide bonds. The molecule has 0 saturated heterocycles. The van der Waals surface area contributed by atoms with Crippen molar-refractivity contribution in [3.63, 3.8) is 0 Å². The Bertz CT molecular complexity index is 669. The minimum atomic E-state index is -0.728. The molecule has 2 heterocycles. The second kappa shape index (κ2) is 5.13. The first-order chi connectivity index (χ1) is 10.1. The summed E-state index contributed by atoms with van der Waals surface area (Å²) >= 11 is 0. The van der Waals surface area contributed by atoms with E-state index >= 15 is 0 Å². The van der Waals surface area contributed by atoms with Gasteiger partial charge in [0.15, 0.2) is 5.65 Å². The number of aliphatic carboxylic acids is 1. The second-order valence-electron chi connectivity index (χ2n) is 5.94. The van der Waals surface area contributed by atoms with Gasteiger partial charge in [-0.3, -0.25) is 4.79 Å². The van der Waals surface area contributed by atoms with Gasteiger partial charge < -0.3 is 9.67 Å². The highest BCUT2D eigenvalue weighted by molar-refractivity contribution is 5.76. The van der Waals surface area contributed by atoms with Crippen molar-refractivity contribution >= 4 is 17.1 Å². The standard InChI is InChI=1S/C16H21N3O2/c1-3-16(4-2,15(20)21)10-13-18-12-6-5-9-17-14(12)19(13)11-7-8-11/h5-6,9,11H,3-4,7-8,10H2,1-2H3,(H,20,21). The van der Waals surface area contributed by atoms with Crippen molar-refractivity contribution in [3.05, 3.63) is 24.2 Å². The molecule has 2 aromatic rings. The third-order valence-corrected chi connectivity index (χ3v) is 4.74. The average Bonchev–Trinajstić information content (AvgIpc) is 3.25. The van der Waals surface area contributed by atoms with Crippen LogP contribution in [0.4, 0.5) is 0 Å². The van der Waals surface area contributed by atoms with E-state index < -0.39 is 11.4 Å². The van der Waals surface area contributed by atoms with Gasteiger partial charge in [-0.1, -0.05) is 13.8 Å². The van der Waals surface area contributed by atoms with E-state index in [2.05, 4.69) is 14.5 Å². The molecule has 1 fully saturated rings. The van der Waals surface area contributed by atoms with Crippen molar-refractivity contribution < 1.29 is 9.90 Å². The lowest BCUT2D eigenvalue weighted by atomic mass is 9.79. The Morgan fingerprint density at radius 1 is 1.43 bits per heavy atom. The van der Waals surface area contributed by atoms with Crippen LogP contribution in [0, 0.1) is 5.41 Å². The summed E-state index contributed by atoms with van der Waals surface area (Å²) in [7, 11) is 0. The molecule has 2 aromatic heterocycles. The summed E-state index contributed by atoms with van der Waals surface area (Å²) in [6, 6.07) is 4.27. The average molecular weight is 287 g/mol. The van der Waals surface area contributed by atoms with Crippen LogP contribution in [0.5, 0.6) is 0 Å². The Hall–Kier alpha value is -1.91. The molecule has 1 N–H and O–H groups in total. The number of fused-ring (bicyclic) bond motifs is 1. The highest BCUT2D eigenvalue weighted by atomic mass is 16.4. The molecule has 0 radical (unpaired) electrons. The van der Waals surface area contributed by atoms with Crippen LogP contribution in [0.15, 0.2) is 18.3 Å². The molecule has 5 nitrogen and oxygen atoms in total. The van der Waals surface area contributed by atoms with Crippen LogP contribution in [0.25, 0.3) is 11.2 Å². The zero-order valence-electron chi connectivity index (χ0n) is 12.5. The van der Waals surface area contributed by atoms with E-state index in [0.29, 0.717) is 25.3 Å². The number of nitrogens with zero attached hydrogens (tertiary/aromatic N) is 3. The molecular formula is C16H21N3O2. The van der Waals surface area contributed by atoms with E-state index in [4.69, 9.17) is 0 Å². The Labute approximate surface area is 124 Å². The Morgan fingerprint density at radius 2 is 2.14 bits per heavy atom. The highest BCUT2D eigenvalue weighted by Gasteiger charge is 2.38. The van der Waals surface area contributed by atoms with Crippen molar-refractivity contribution in [2.24, 2.45) is 5.41 Å². The number of rotatable bonds is 6. The Balaban J connectivity index is 2.07. The summed E-state index contributed by atoms with van der Waals surface area (Å²) in [5.41, 5.74) is 1.03. The number of hydrogen-bond donors (Lipinski definition) is 1. The lowest BCUT2D eigenvalue weighted by Crippen LogP contribution is -2.33. The SMILES string of the molecule is CCC(CC)(Cc1nc2cccnc2n1C1CC1)C(=O)O. The van der Waals surface area contributed by atoms with Crippen molar-refractivity contribution in [2.75, 3.05) is 0 Å². The summed E-state index contributed by atoms with van der Waals surface area (Å²) in [5, 5.41) is 9.65. The van der Waals surface area contributed by atoms with Crippen LogP contribution in [0.3, 0.4) is 0 Å². The van der Waals surface area contributed by atoms with Gasteiger partial charge in [0, 0.05) is 18.7 Å². The van der Waals surface area contributed by atoms with Gasteiger partial charge in [-0.15, -0.1) is 0 Å². The van der Waals surface area contributed by atoms with Crippen molar-refractivity contribution in [1.29, 1.82) is 0 Å². The first kappa shape index (κ1) is 14.0. The Morgan fingerprint density at radius 3 is 2.71 bits per heavy atom. The van der Waals surface area contributed by atoms with Gasteiger partial charge in [-0.05, 0) is 37.8 Å². The van der Waals surface area contributed by atoms with E-state index in [-0.39, 0.29) is 0 Å². The van der Waals surface area contributed by atoms with Gasteiger partial charge in [0.25, 0.3) is 0 Å². The minimum Gasteiger partial charge on any atom is -0.481 e. The summed E-state index contributed by atoms with van der Waals surface area (Å²) in [4.78, 5) is 20.9. The van der Waals surface area contributed by atoms with Gasteiger partial charge in [0.2, 0.25) is 0 Å². The number of pyridine rings is 1. The molecule has 0 atom stereocenters. The fourth-order valence-electron chi connectivity index (χ4n) is 3.00. The maximum Gasteiger partial charge on any atom is 0.310 e. The molecule has 1 aliphatic rings. The van der Waals surface area contributed by atoms with E-state index in [1.807, 2.05) is 26.0 Å². The number of hydrogen-bond acceptors (Lipinski definition) is 3. The lowest BCUT2D eigenvalue weighted by molar-refractivity contribution is -0.149. The lowest BCUT2D eigenvalue weighted by Gasteiger charge is -2.26. The predicted octanol–water partition coefficient (Wildman–Crippen LogP) is 3.20. The van der Waals surface area contributed by atoms with Crippen LogP contribution >= 0.6 is 0 Å². The maximum absolute atomic E-state index is 11.7.